The van der Waals surface area contributed by atoms with Crippen LogP contribution in [0.2, 0.25) is 0 Å². The lowest BCUT2D eigenvalue weighted by Crippen LogP contribution is -2.68. The van der Waals surface area contributed by atoms with Gasteiger partial charge in [-0.2, -0.15) is 0 Å². The average molecular weight is 377 g/mol. The van der Waals surface area contributed by atoms with Gasteiger partial charge >= 0.3 is 5.97 Å². The molecule has 6 heteroatoms. The summed E-state index contributed by atoms with van der Waals surface area (Å²) in [6, 6.07) is 14.7. The van der Waals surface area contributed by atoms with Gasteiger partial charge in [-0.3, -0.25) is 9.59 Å². The minimum Gasteiger partial charge on any atom is -0.497 e. The number of ketones is 1. The molecule has 0 aromatic heterocycles. The van der Waals surface area contributed by atoms with Crippen molar-refractivity contribution in [3.63, 3.8) is 0 Å². The molecule has 0 saturated carbocycles. The lowest BCUT2D eigenvalue weighted by molar-refractivity contribution is -0.171. The number of hydrogen-bond donors (Lipinski definition) is 0. The number of ether oxygens (including phenoxy) is 2. The molecule has 0 radical (unpaired) electrons. The Morgan fingerprint density at radius 3 is 2.43 bits per heavy atom. The summed E-state index contributed by atoms with van der Waals surface area (Å²) in [6.07, 6.45) is -0.0148. The summed E-state index contributed by atoms with van der Waals surface area (Å²) in [5, 5.41) is 0. The zero-order valence-corrected chi connectivity index (χ0v) is 15.3. The van der Waals surface area contributed by atoms with Crippen LogP contribution in [0.15, 0.2) is 73.0 Å². The van der Waals surface area contributed by atoms with E-state index < -0.39 is 29.8 Å². The molecule has 2 aromatic carbocycles. The number of carbonyl (C=O) groups is 3. The fourth-order valence-electron chi connectivity index (χ4n) is 2.99. The largest absolute Gasteiger partial charge is 0.497 e. The first-order chi connectivity index (χ1) is 13.5. The van der Waals surface area contributed by atoms with Gasteiger partial charge in [0.05, 0.1) is 12.7 Å². The number of benzene rings is 2. The lowest BCUT2D eigenvalue weighted by atomic mass is 9.92. The summed E-state index contributed by atoms with van der Waals surface area (Å²) in [6.45, 7) is 3.64. The van der Waals surface area contributed by atoms with Crippen LogP contribution in [0.4, 0.5) is 0 Å². The molecule has 0 bridgehead atoms. The van der Waals surface area contributed by atoms with Gasteiger partial charge in [-0.25, -0.2) is 4.79 Å². The van der Waals surface area contributed by atoms with E-state index >= 15 is 0 Å². The van der Waals surface area contributed by atoms with E-state index in [1.54, 1.807) is 12.1 Å². The molecule has 0 spiro atoms. The molecule has 1 aliphatic heterocycles. The van der Waals surface area contributed by atoms with Crippen molar-refractivity contribution in [1.29, 1.82) is 0 Å². The minimum absolute atomic E-state index is 0.248. The second-order valence-electron chi connectivity index (χ2n) is 6.20. The van der Waals surface area contributed by atoms with Gasteiger partial charge in [0.1, 0.15) is 11.8 Å². The van der Waals surface area contributed by atoms with E-state index in [9.17, 15) is 14.4 Å². The Morgan fingerprint density at radius 2 is 1.82 bits per heavy atom. The van der Waals surface area contributed by atoms with E-state index in [2.05, 4.69) is 12.3 Å². The number of hydrogen-bond acceptors (Lipinski definition) is 5. The second-order valence-corrected chi connectivity index (χ2v) is 6.20. The van der Waals surface area contributed by atoms with Crippen LogP contribution in [0.3, 0.4) is 0 Å². The third kappa shape index (κ3) is 3.87. The predicted molar refractivity (Wildman–Crippen MR) is 102 cm³/mol. The van der Waals surface area contributed by atoms with Crippen molar-refractivity contribution in [2.24, 2.45) is 0 Å². The average Bonchev–Trinajstić information content (AvgIpc) is 2.73. The Kier molecular flexibility index (Phi) is 5.72. The summed E-state index contributed by atoms with van der Waals surface area (Å²) >= 11 is 0. The van der Waals surface area contributed by atoms with Gasteiger partial charge in [-0.15, -0.1) is 5.73 Å². The second kappa shape index (κ2) is 8.37. The maximum atomic E-state index is 12.6. The Balaban J connectivity index is 1.76. The summed E-state index contributed by atoms with van der Waals surface area (Å²) < 4.78 is 10.4. The zero-order chi connectivity index (χ0) is 20.1. The molecule has 142 valence electrons. The lowest BCUT2D eigenvalue weighted by Gasteiger charge is -2.44. The van der Waals surface area contributed by atoms with E-state index in [0.717, 1.165) is 11.6 Å². The monoisotopic (exact) mass is 377 g/mol. The highest BCUT2D eigenvalue weighted by Gasteiger charge is 2.53. The number of β-lactam (4-membered cyclic amide) rings is 1. The fraction of sp³-hybridized carbons (Fsp3) is 0.182. The van der Waals surface area contributed by atoms with Gasteiger partial charge in [-0.05, 0) is 29.8 Å². The molecule has 0 aliphatic carbocycles. The third-order valence-corrected chi connectivity index (χ3v) is 4.44. The molecule has 1 aliphatic rings. The van der Waals surface area contributed by atoms with Crippen LogP contribution in [0.25, 0.3) is 0 Å². The molecule has 1 heterocycles. The van der Waals surface area contributed by atoms with Crippen LogP contribution in [-0.2, 0) is 20.9 Å². The first kappa shape index (κ1) is 19.1. The fourth-order valence-corrected chi connectivity index (χ4v) is 2.99. The Morgan fingerprint density at radius 1 is 1.14 bits per heavy atom. The van der Waals surface area contributed by atoms with Crippen LogP contribution in [0.5, 0.6) is 5.75 Å². The maximum Gasteiger partial charge on any atom is 0.339 e. The highest BCUT2D eigenvalue weighted by atomic mass is 16.6. The number of esters is 1. The summed E-state index contributed by atoms with van der Waals surface area (Å²) in [5.41, 5.74) is 3.55. The molecule has 2 atom stereocenters. The summed E-state index contributed by atoms with van der Waals surface area (Å²) in [4.78, 5) is 38.8. The van der Waals surface area contributed by atoms with Gasteiger partial charge in [0.25, 0.3) is 5.91 Å². The van der Waals surface area contributed by atoms with E-state index in [0.29, 0.717) is 5.75 Å². The summed E-state index contributed by atoms with van der Waals surface area (Å²) in [7, 11) is 1.52. The molecule has 0 N–H and O–H groups in total. The minimum atomic E-state index is -1.17. The van der Waals surface area contributed by atoms with Crippen molar-refractivity contribution in [3.8, 4) is 5.75 Å². The quantitative estimate of drug-likeness (QED) is 0.321. The first-order valence-electron chi connectivity index (χ1n) is 8.64. The van der Waals surface area contributed by atoms with Crippen molar-refractivity contribution in [1.82, 2.24) is 4.90 Å². The number of rotatable bonds is 7. The smallest absolute Gasteiger partial charge is 0.339 e. The molecule has 1 amide bonds. The summed E-state index contributed by atoms with van der Waals surface area (Å²) in [5.74, 6) is -0.894. The first-order valence-corrected chi connectivity index (χ1v) is 8.64. The molecular weight excluding hydrogens is 358 g/mol. The molecule has 3 rings (SSSR count). The predicted octanol–water partition coefficient (Wildman–Crippen LogP) is 2.54. The zero-order valence-electron chi connectivity index (χ0n) is 15.3. The standard InChI is InChI=1S/C22H19NO5/c1-3-7-18(24)19-20(21(25)23(19)14-15-8-5-4-6-9-15)28-22(26)16-10-12-17(27-2)13-11-16/h4-13,19-20H,1,14H2,2H3/t19-,20+/m0/s1. The number of nitrogens with zero attached hydrogens (tertiary/aromatic N) is 1. The van der Waals surface area contributed by atoms with E-state index in [1.807, 2.05) is 30.3 Å². The molecule has 2 aromatic rings. The molecule has 0 unspecified atom stereocenters. The van der Waals surface area contributed by atoms with Crippen LogP contribution in [0, 0.1) is 0 Å². The Labute approximate surface area is 162 Å². The SMILES string of the molecule is C=C=CC(=O)[C@H]1[C@@H](OC(=O)c2ccc(OC)cc2)C(=O)N1Cc1ccccc1. The molecule has 28 heavy (non-hydrogen) atoms. The van der Waals surface area contributed by atoms with Crippen molar-refractivity contribution in [2.45, 2.75) is 18.7 Å². The Bertz CT molecular complexity index is 929. The van der Waals surface area contributed by atoms with Gasteiger partial charge in [0.2, 0.25) is 6.10 Å². The topological polar surface area (TPSA) is 72.9 Å². The number of methoxy groups -OCH3 is 1. The van der Waals surface area contributed by atoms with Crippen LogP contribution >= 0.6 is 0 Å². The van der Waals surface area contributed by atoms with Gasteiger partial charge in [0.15, 0.2) is 5.78 Å². The van der Waals surface area contributed by atoms with Gasteiger partial charge in [-0.1, -0.05) is 36.9 Å². The molecule has 1 saturated heterocycles. The van der Waals surface area contributed by atoms with Crippen LogP contribution < -0.4 is 4.74 Å². The van der Waals surface area contributed by atoms with Gasteiger partial charge in [0, 0.05) is 12.6 Å². The molecule has 1 fully saturated rings. The van der Waals surface area contributed by atoms with Crippen LogP contribution in [0.1, 0.15) is 15.9 Å². The van der Waals surface area contributed by atoms with Crippen molar-refractivity contribution < 1.29 is 23.9 Å². The normalized spacial score (nSPS) is 17.9. The highest BCUT2D eigenvalue weighted by Crippen LogP contribution is 2.28. The van der Waals surface area contributed by atoms with Crippen molar-refractivity contribution in [2.75, 3.05) is 7.11 Å². The Hall–Kier alpha value is -3.63. The van der Waals surface area contributed by atoms with E-state index in [4.69, 9.17) is 9.47 Å². The van der Waals surface area contributed by atoms with Gasteiger partial charge < -0.3 is 14.4 Å². The number of likely N-dealkylation sites (tertiary alicyclic amines) is 1. The van der Waals surface area contributed by atoms with E-state index in [-0.39, 0.29) is 12.1 Å². The number of carbonyl (C=O) groups excluding carboxylic acids is 3. The van der Waals surface area contributed by atoms with Crippen molar-refractivity contribution in [3.05, 3.63) is 84.1 Å². The molecule has 6 nitrogen and oxygen atoms in total. The van der Waals surface area contributed by atoms with Crippen molar-refractivity contribution >= 4 is 17.7 Å². The maximum absolute atomic E-state index is 12.6. The van der Waals surface area contributed by atoms with E-state index in [1.165, 1.54) is 24.1 Å². The highest BCUT2D eigenvalue weighted by molar-refractivity contribution is 6.07. The number of amides is 1. The van der Waals surface area contributed by atoms with Crippen LogP contribution in [-0.4, -0.2) is 41.8 Å². The third-order valence-electron chi connectivity index (χ3n) is 4.44. The molecular formula is C22H19NO5.